The highest BCUT2D eigenvalue weighted by Crippen LogP contribution is 2.01. The quantitative estimate of drug-likeness (QED) is 0.348. The van der Waals surface area contributed by atoms with Crippen LogP contribution in [-0.4, -0.2) is 57.4 Å². The van der Waals surface area contributed by atoms with Gasteiger partial charge in [0.25, 0.3) is 0 Å². The largest absolute Gasteiger partial charge is 0.387 e. The van der Waals surface area contributed by atoms with E-state index in [2.05, 4.69) is 0 Å². The predicted molar refractivity (Wildman–Crippen MR) is 35.4 cm³/mol. The van der Waals surface area contributed by atoms with Crippen molar-refractivity contribution in [2.24, 2.45) is 0 Å². The van der Waals surface area contributed by atoms with E-state index in [1.54, 1.807) is 0 Å². The average Bonchev–Trinajstić information content (AvgIpc) is 2.12. The van der Waals surface area contributed by atoms with Crippen molar-refractivity contribution in [1.82, 2.24) is 0 Å². The fraction of sp³-hybridized carbons (Fsp3) is 0.667. The van der Waals surface area contributed by atoms with Crippen molar-refractivity contribution in [3.63, 3.8) is 0 Å². The summed E-state index contributed by atoms with van der Waals surface area (Å²) in [6.07, 6.45) is -5.84. The van der Waals surface area contributed by atoms with Crippen molar-refractivity contribution < 1.29 is 30.0 Å². The predicted octanol–water partition coefficient (Wildman–Crippen LogP) is -3.35. The number of rotatable bonds is 5. The van der Waals surface area contributed by atoms with Crippen LogP contribution in [0, 0.1) is 0 Å². The third-order valence-electron chi connectivity index (χ3n) is 1.24. The van der Waals surface area contributed by atoms with E-state index in [1.807, 2.05) is 0 Å². The molecule has 0 bridgehead atoms. The van der Waals surface area contributed by atoms with E-state index in [-0.39, 0.29) is 0 Å². The summed E-state index contributed by atoms with van der Waals surface area (Å²) in [5.74, 6) is 0. The first-order valence-corrected chi connectivity index (χ1v) is 3.02. The van der Waals surface area contributed by atoms with Crippen LogP contribution >= 0.6 is 0 Å². The van der Waals surface area contributed by atoms with Crippen molar-refractivity contribution in [3.05, 3.63) is 0 Å². The minimum absolute atomic E-state index is 0.979. The molecule has 0 fully saturated rings. The minimum Gasteiger partial charge on any atom is -0.387 e. The first kappa shape index (κ1) is 11.2. The topological polar surface area (TPSA) is 115 Å². The summed E-state index contributed by atoms with van der Waals surface area (Å²) in [5, 5.41) is 34.7. The minimum atomic E-state index is -1.96. The van der Waals surface area contributed by atoms with Crippen LogP contribution in [-0.2, 0) is 9.59 Å². The van der Waals surface area contributed by atoms with Crippen molar-refractivity contribution in [2.45, 2.75) is 24.4 Å². The molecule has 4 atom stereocenters. The molecule has 0 aliphatic carbocycles. The van der Waals surface area contributed by atoms with Crippen LogP contribution in [0.3, 0.4) is 0 Å². The monoisotopic (exact) mass is 176 g/mol. The zero-order valence-corrected chi connectivity index (χ0v) is 5.91. The van der Waals surface area contributed by atoms with E-state index in [0.29, 0.717) is 0 Å². The molecule has 6 nitrogen and oxygen atoms in total. The lowest BCUT2D eigenvalue weighted by Crippen LogP contribution is -2.45. The van der Waals surface area contributed by atoms with E-state index < -0.39 is 24.4 Å². The number of aliphatic hydroxyl groups excluding tert-OH is 4. The average molecular weight is 176 g/mol. The summed E-state index contributed by atoms with van der Waals surface area (Å²) < 4.78 is 0. The molecule has 68 valence electrons. The second-order valence-electron chi connectivity index (χ2n) is 2.11. The number of carbonyl (C=O) groups excluding carboxylic acids is 2. The fourth-order valence-electron chi connectivity index (χ4n) is 0.513. The molecule has 0 aromatic rings. The first-order chi connectivity index (χ1) is 5.54. The molecule has 0 aromatic carbocycles. The molecule has 0 aliphatic rings. The lowest BCUT2D eigenvalue weighted by atomic mass is 10.1. The molecule has 2 radical (unpaired) electrons. The van der Waals surface area contributed by atoms with Gasteiger partial charge in [0.1, 0.15) is 24.4 Å². The van der Waals surface area contributed by atoms with Crippen LogP contribution < -0.4 is 0 Å². The molecular formula is C6H8O6. The lowest BCUT2D eigenvalue weighted by molar-refractivity contribution is -0.0707. The number of hydrogen-bond donors (Lipinski definition) is 4. The molecule has 4 N–H and O–H groups in total. The molecule has 0 heterocycles. The van der Waals surface area contributed by atoms with Gasteiger partial charge < -0.3 is 20.4 Å². The maximum Gasteiger partial charge on any atom is 0.232 e. The molecular weight excluding hydrogens is 168 g/mol. The summed E-state index contributed by atoms with van der Waals surface area (Å²) in [6.45, 7) is 0. The molecule has 0 spiro atoms. The van der Waals surface area contributed by atoms with Crippen LogP contribution in [0.2, 0.25) is 0 Å². The van der Waals surface area contributed by atoms with E-state index >= 15 is 0 Å². The zero-order valence-electron chi connectivity index (χ0n) is 5.91. The van der Waals surface area contributed by atoms with Gasteiger partial charge in [0.15, 0.2) is 0 Å². The van der Waals surface area contributed by atoms with Gasteiger partial charge in [-0.15, -0.1) is 0 Å². The highest BCUT2D eigenvalue weighted by Gasteiger charge is 2.30. The normalized spacial score (nSPS) is 20.7. The molecule has 0 rings (SSSR count). The van der Waals surface area contributed by atoms with Crippen molar-refractivity contribution >= 4 is 12.6 Å². The molecule has 0 saturated heterocycles. The van der Waals surface area contributed by atoms with Gasteiger partial charge in [-0.1, -0.05) is 0 Å². The van der Waals surface area contributed by atoms with Crippen LogP contribution in [0.5, 0.6) is 0 Å². The standard InChI is InChI=1S/C6H8O6/c7-1-3(9)5(11)6(12)4(10)2-8/h3-6,9-12H. The van der Waals surface area contributed by atoms with Gasteiger partial charge in [-0.3, -0.25) is 9.59 Å². The summed E-state index contributed by atoms with van der Waals surface area (Å²) in [5.41, 5.74) is 0. The highest BCUT2D eigenvalue weighted by atomic mass is 16.4. The first-order valence-electron chi connectivity index (χ1n) is 3.02. The van der Waals surface area contributed by atoms with E-state index in [4.69, 9.17) is 20.4 Å². The van der Waals surface area contributed by atoms with E-state index in [9.17, 15) is 9.59 Å². The lowest BCUT2D eigenvalue weighted by Gasteiger charge is -2.19. The maximum atomic E-state index is 9.74. The van der Waals surface area contributed by atoms with Gasteiger partial charge in [0.2, 0.25) is 12.6 Å². The maximum absolute atomic E-state index is 9.74. The Labute approximate surface area is 68.1 Å². The molecule has 0 amide bonds. The molecule has 4 unspecified atom stereocenters. The third kappa shape index (κ3) is 2.67. The molecule has 0 aliphatic heterocycles. The Morgan fingerprint density at radius 3 is 1.17 bits per heavy atom. The van der Waals surface area contributed by atoms with Crippen LogP contribution in [0.15, 0.2) is 0 Å². The van der Waals surface area contributed by atoms with Crippen molar-refractivity contribution in [2.75, 3.05) is 0 Å². The number of hydrogen-bond acceptors (Lipinski definition) is 6. The molecule has 0 saturated carbocycles. The Hall–Kier alpha value is -0.820. The van der Waals surface area contributed by atoms with Crippen LogP contribution in [0.1, 0.15) is 0 Å². The zero-order chi connectivity index (χ0) is 9.72. The highest BCUT2D eigenvalue weighted by molar-refractivity contribution is 5.60. The molecule has 12 heavy (non-hydrogen) atoms. The summed E-state index contributed by atoms with van der Waals surface area (Å²) in [4.78, 5) is 19.5. The van der Waals surface area contributed by atoms with Gasteiger partial charge in [-0.25, -0.2) is 0 Å². The summed E-state index contributed by atoms with van der Waals surface area (Å²) in [6, 6.07) is 0. The Balaban J connectivity index is 4.16. The molecule has 0 aromatic heterocycles. The smallest absolute Gasteiger partial charge is 0.232 e. The van der Waals surface area contributed by atoms with Gasteiger partial charge >= 0.3 is 0 Å². The Kier molecular flexibility index (Phi) is 4.60. The van der Waals surface area contributed by atoms with E-state index in [0.717, 1.165) is 12.6 Å². The van der Waals surface area contributed by atoms with Gasteiger partial charge in [0, 0.05) is 0 Å². The Morgan fingerprint density at radius 1 is 0.750 bits per heavy atom. The van der Waals surface area contributed by atoms with Crippen molar-refractivity contribution in [1.29, 1.82) is 0 Å². The second kappa shape index (κ2) is 4.94. The van der Waals surface area contributed by atoms with Gasteiger partial charge in [0.05, 0.1) is 0 Å². The van der Waals surface area contributed by atoms with Gasteiger partial charge in [-0.05, 0) is 0 Å². The summed E-state index contributed by atoms with van der Waals surface area (Å²) in [7, 11) is 0. The Bertz CT molecular complexity index is 140. The molecule has 6 heteroatoms. The Morgan fingerprint density at radius 2 is 1.00 bits per heavy atom. The van der Waals surface area contributed by atoms with Crippen molar-refractivity contribution in [3.8, 4) is 0 Å². The van der Waals surface area contributed by atoms with E-state index in [1.165, 1.54) is 0 Å². The second-order valence-corrected chi connectivity index (χ2v) is 2.11. The third-order valence-corrected chi connectivity index (χ3v) is 1.24. The fourth-order valence-corrected chi connectivity index (χ4v) is 0.513. The van der Waals surface area contributed by atoms with Gasteiger partial charge in [-0.2, -0.15) is 0 Å². The van der Waals surface area contributed by atoms with Crippen LogP contribution in [0.25, 0.3) is 0 Å². The van der Waals surface area contributed by atoms with Crippen LogP contribution in [0.4, 0.5) is 0 Å². The summed E-state index contributed by atoms with van der Waals surface area (Å²) >= 11 is 0. The number of aliphatic hydroxyl groups is 4. The SMILES string of the molecule is O=[C]C(O)C(O)C(O)C(O)[C]=O.